The van der Waals surface area contributed by atoms with Gasteiger partial charge in [0.2, 0.25) is 0 Å². The minimum absolute atomic E-state index is 0.204. The van der Waals surface area contributed by atoms with E-state index in [-0.39, 0.29) is 12.1 Å². The zero-order valence-corrected chi connectivity index (χ0v) is 12.7. The van der Waals surface area contributed by atoms with Gasteiger partial charge in [0.15, 0.2) is 0 Å². The number of methoxy groups -OCH3 is 1. The van der Waals surface area contributed by atoms with E-state index < -0.39 is 0 Å². The van der Waals surface area contributed by atoms with E-state index in [9.17, 15) is 0 Å². The van der Waals surface area contributed by atoms with Crippen LogP contribution in [0.2, 0.25) is 0 Å². The maximum Gasteiger partial charge on any atom is 0.0797 e. The first-order valence-corrected chi connectivity index (χ1v) is 7.28. The normalized spacial score (nSPS) is 15.4. The highest BCUT2D eigenvalue weighted by Gasteiger charge is 2.27. The first-order chi connectivity index (χ1) is 7.61. The third-order valence-electron chi connectivity index (χ3n) is 2.61. The zero-order valence-electron chi connectivity index (χ0n) is 10.3. The second-order valence-corrected chi connectivity index (χ2v) is 5.91. The van der Waals surface area contributed by atoms with E-state index in [4.69, 9.17) is 4.74 Å². The van der Waals surface area contributed by atoms with Crippen LogP contribution in [0.5, 0.6) is 0 Å². The summed E-state index contributed by atoms with van der Waals surface area (Å²) in [7, 11) is 1.79. The van der Waals surface area contributed by atoms with E-state index in [2.05, 4.69) is 53.5 Å². The van der Waals surface area contributed by atoms with Crippen LogP contribution in [0.1, 0.15) is 31.7 Å². The predicted octanol–water partition coefficient (Wildman–Crippen LogP) is 3.83. The van der Waals surface area contributed by atoms with E-state index in [0.29, 0.717) is 5.92 Å². The molecule has 0 radical (unpaired) electrons. The third kappa shape index (κ3) is 3.29. The molecule has 16 heavy (non-hydrogen) atoms. The summed E-state index contributed by atoms with van der Waals surface area (Å²) in [4.78, 5) is 1.32. The van der Waals surface area contributed by atoms with Gasteiger partial charge in [-0.3, -0.25) is 0 Å². The highest BCUT2D eigenvalue weighted by atomic mass is 79.9. The summed E-state index contributed by atoms with van der Waals surface area (Å²) >= 11 is 5.37. The quantitative estimate of drug-likeness (QED) is 0.862. The average Bonchev–Trinajstić information content (AvgIpc) is 2.63. The van der Waals surface area contributed by atoms with Gasteiger partial charge in [-0.1, -0.05) is 20.8 Å². The summed E-state index contributed by atoms with van der Waals surface area (Å²) in [5.41, 5.74) is 0. The maximum atomic E-state index is 5.63. The van der Waals surface area contributed by atoms with Crippen LogP contribution in [0, 0.1) is 5.92 Å². The fraction of sp³-hybridized carbons (Fsp3) is 0.667. The third-order valence-corrected chi connectivity index (χ3v) is 4.56. The van der Waals surface area contributed by atoms with Crippen LogP contribution in [-0.2, 0) is 4.74 Å². The molecule has 0 spiro atoms. The summed E-state index contributed by atoms with van der Waals surface area (Å²) in [6.07, 6.45) is 0.204. The van der Waals surface area contributed by atoms with Crippen molar-refractivity contribution in [2.24, 2.45) is 5.92 Å². The Hall–Kier alpha value is 0.1000. The molecule has 1 heterocycles. The average molecular weight is 306 g/mol. The molecule has 4 heteroatoms. The molecular formula is C12H20BrNOS. The van der Waals surface area contributed by atoms with Gasteiger partial charge in [0.25, 0.3) is 0 Å². The van der Waals surface area contributed by atoms with Gasteiger partial charge in [-0.25, -0.2) is 0 Å². The van der Waals surface area contributed by atoms with Gasteiger partial charge in [0.05, 0.1) is 12.1 Å². The van der Waals surface area contributed by atoms with Crippen molar-refractivity contribution in [3.05, 3.63) is 20.8 Å². The molecule has 1 rings (SSSR count). The SMILES string of the molecule is CCNC(c1sccc1Br)C(OC)C(C)C. The van der Waals surface area contributed by atoms with Gasteiger partial charge in [-0.2, -0.15) is 0 Å². The van der Waals surface area contributed by atoms with Crippen LogP contribution in [0.25, 0.3) is 0 Å². The molecular weight excluding hydrogens is 286 g/mol. The number of rotatable bonds is 6. The van der Waals surface area contributed by atoms with Crippen molar-refractivity contribution in [3.63, 3.8) is 0 Å². The number of nitrogens with one attached hydrogen (secondary N) is 1. The summed E-state index contributed by atoms with van der Waals surface area (Å²) in [5, 5.41) is 5.62. The molecule has 92 valence electrons. The number of halogens is 1. The fourth-order valence-electron chi connectivity index (χ4n) is 1.90. The molecule has 0 aliphatic rings. The van der Waals surface area contributed by atoms with Crippen LogP contribution >= 0.6 is 27.3 Å². The molecule has 1 aromatic rings. The Balaban J connectivity index is 2.93. The Kier molecular flexibility index (Phi) is 5.97. The largest absolute Gasteiger partial charge is 0.379 e. The lowest BCUT2D eigenvalue weighted by atomic mass is 9.98. The molecule has 2 atom stereocenters. The summed E-state index contributed by atoms with van der Waals surface area (Å²) in [6, 6.07) is 2.36. The van der Waals surface area contributed by atoms with Crippen molar-refractivity contribution in [1.82, 2.24) is 5.32 Å². The van der Waals surface area contributed by atoms with Crippen LogP contribution in [0.4, 0.5) is 0 Å². The van der Waals surface area contributed by atoms with Gasteiger partial charge in [0, 0.05) is 16.5 Å². The van der Waals surface area contributed by atoms with E-state index in [1.165, 1.54) is 9.35 Å². The summed E-state index contributed by atoms with van der Waals surface area (Å²) in [6.45, 7) is 7.46. The van der Waals surface area contributed by atoms with Crippen molar-refractivity contribution in [3.8, 4) is 0 Å². The zero-order chi connectivity index (χ0) is 12.1. The molecule has 0 aromatic carbocycles. The minimum atomic E-state index is 0.204. The second kappa shape index (κ2) is 6.74. The van der Waals surface area contributed by atoms with Crippen molar-refractivity contribution >= 4 is 27.3 Å². The van der Waals surface area contributed by atoms with E-state index in [1.54, 1.807) is 18.4 Å². The topological polar surface area (TPSA) is 21.3 Å². The van der Waals surface area contributed by atoms with Crippen molar-refractivity contribution < 1.29 is 4.74 Å². The molecule has 0 saturated carbocycles. The van der Waals surface area contributed by atoms with Crippen LogP contribution < -0.4 is 5.32 Å². The number of hydrogen-bond donors (Lipinski definition) is 1. The van der Waals surface area contributed by atoms with Crippen LogP contribution in [0.3, 0.4) is 0 Å². The molecule has 2 unspecified atom stereocenters. The Labute approximate surface area is 111 Å². The molecule has 1 aromatic heterocycles. The summed E-state index contributed by atoms with van der Waals surface area (Å²) in [5.74, 6) is 0.489. The van der Waals surface area contributed by atoms with Gasteiger partial charge in [-0.05, 0) is 39.8 Å². The predicted molar refractivity (Wildman–Crippen MR) is 74.1 cm³/mol. The lowest BCUT2D eigenvalue weighted by Gasteiger charge is -2.29. The first kappa shape index (κ1) is 14.2. The van der Waals surface area contributed by atoms with E-state index in [0.717, 1.165) is 6.54 Å². The number of hydrogen-bond acceptors (Lipinski definition) is 3. The van der Waals surface area contributed by atoms with Crippen molar-refractivity contribution in [1.29, 1.82) is 0 Å². The van der Waals surface area contributed by atoms with Crippen LogP contribution in [-0.4, -0.2) is 19.8 Å². The first-order valence-electron chi connectivity index (χ1n) is 5.60. The van der Waals surface area contributed by atoms with Crippen LogP contribution in [0.15, 0.2) is 15.9 Å². The Morgan fingerprint density at radius 3 is 2.56 bits per heavy atom. The molecule has 0 aliphatic carbocycles. The highest BCUT2D eigenvalue weighted by Crippen LogP contribution is 2.33. The highest BCUT2D eigenvalue weighted by molar-refractivity contribution is 9.10. The Morgan fingerprint density at radius 2 is 2.19 bits per heavy atom. The molecule has 0 bridgehead atoms. The molecule has 0 aliphatic heterocycles. The Bertz CT molecular complexity index is 314. The number of likely N-dealkylation sites (N-methyl/N-ethyl adjacent to an activating group) is 1. The molecule has 0 saturated heterocycles. The maximum absolute atomic E-state index is 5.63. The molecule has 0 fully saturated rings. The second-order valence-electron chi connectivity index (χ2n) is 4.11. The van der Waals surface area contributed by atoms with E-state index >= 15 is 0 Å². The smallest absolute Gasteiger partial charge is 0.0797 e. The monoisotopic (exact) mass is 305 g/mol. The summed E-state index contributed by atoms with van der Waals surface area (Å²) < 4.78 is 6.80. The number of ether oxygens (including phenoxy) is 1. The minimum Gasteiger partial charge on any atom is -0.379 e. The van der Waals surface area contributed by atoms with Gasteiger partial charge in [-0.15, -0.1) is 11.3 Å². The van der Waals surface area contributed by atoms with Crippen molar-refractivity contribution in [2.45, 2.75) is 32.9 Å². The lowest BCUT2D eigenvalue weighted by Crippen LogP contribution is -2.36. The molecule has 2 nitrogen and oxygen atoms in total. The lowest BCUT2D eigenvalue weighted by molar-refractivity contribution is 0.0339. The van der Waals surface area contributed by atoms with E-state index in [1.807, 2.05) is 0 Å². The van der Waals surface area contributed by atoms with Crippen molar-refractivity contribution in [2.75, 3.05) is 13.7 Å². The standard InChI is InChI=1S/C12H20BrNOS/c1-5-14-10(11(15-4)8(2)3)12-9(13)6-7-16-12/h6-8,10-11,14H,5H2,1-4H3. The number of thiophene rings is 1. The Morgan fingerprint density at radius 1 is 1.50 bits per heavy atom. The van der Waals surface area contributed by atoms with Gasteiger partial charge >= 0.3 is 0 Å². The molecule has 1 N–H and O–H groups in total. The van der Waals surface area contributed by atoms with Gasteiger partial charge < -0.3 is 10.1 Å². The van der Waals surface area contributed by atoms with Gasteiger partial charge in [0.1, 0.15) is 0 Å². The molecule has 0 amide bonds. The fourth-order valence-corrected chi connectivity index (χ4v) is 3.63.